The molecule has 0 aliphatic rings. The summed E-state index contributed by atoms with van der Waals surface area (Å²) in [5, 5.41) is 9.75. The summed E-state index contributed by atoms with van der Waals surface area (Å²) in [6.45, 7) is 3.20. The third-order valence-electron chi connectivity index (χ3n) is 5.63. The van der Waals surface area contributed by atoms with E-state index in [1.165, 1.54) is 57.8 Å². The topological polar surface area (TPSA) is 94.5 Å². The minimum Gasteiger partial charge on any atom is -0.748 e. The van der Waals surface area contributed by atoms with Gasteiger partial charge in [-0.3, -0.25) is 4.79 Å². The Balaban J connectivity index is 3.60. The molecule has 0 spiro atoms. The summed E-state index contributed by atoms with van der Waals surface area (Å²) in [4.78, 5) is 12.0. The number of hydrogen-bond acceptors (Lipinski definition) is 5. The Kier molecular flexibility index (Phi) is 16.8. The Labute approximate surface area is 185 Å². The Morgan fingerprint density at radius 2 is 1.27 bits per heavy atom. The van der Waals surface area contributed by atoms with Crippen molar-refractivity contribution < 1.29 is 27.4 Å². The number of nitrogens with zero attached hydrogens (tertiary/aromatic N) is 1. The first-order chi connectivity index (χ1) is 14.1. The number of rotatable bonds is 21. The highest BCUT2D eigenvalue weighted by Gasteiger charge is 2.21. The molecule has 0 fully saturated rings. The lowest BCUT2D eigenvalue weighted by atomic mass is 10.0. The molecule has 6 nitrogen and oxygen atoms in total. The SMILES string of the molecule is CCCCCCCCCCCCCC(=O)CCCC[N+](C)(C)CC(O)CS(=O)(=O)[O-]. The summed E-state index contributed by atoms with van der Waals surface area (Å²) >= 11 is 0. The fraction of sp³-hybridized carbons (Fsp3) is 0.957. The van der Waals surface area contributed by atoms with Crippen molar-refractivity contribution in [2.24, 2.45) is 0 Å². The molecule has 30 heavy (non-hydrogen) atoms. The lowest BCUT2D eigenvalue weighted by Crippen LogP contribution is -2.47. The van der Waals surface area contributed by atoms with Crippen LogP contribution in [0.3, 0.4) is 0 Å². The second-order valence-corrected chi connectivity index (χ2v) is 11.0. The van der Waals surface area contributed by atoms with E-state index in [1.54, 1.807) is 0 Å². The van der Waals surface area contributed by atoms with Gasteiger partial charge in [0.2, 0.25) is 0 Å². The van der Waals surface area contributed by atoms with Crippen LogP contribution in [0.25, 0.3) is 0 Å². The van der Waals surface area contributed by atoms with E-state index in [2.05, 4.69) is 6.92 Å². The highest BCUT2D eigenvalue weighted by molar-refractivity contribution is 7.85. The lowest BCUT2D eigenvalue weighted by Gasteiger charge is -2.32. The van der Waals surface area contributed by atoms with Gasteiger partial charge in [0.25, 0.3) is 0 Å². The Morgan fingerprint density at radius 3 is 1.73 bits per heavy atom. The number of unbranched alkanes of at least 4 members (excludes halogenated alkanes) is 11. The number of Topliss-reactive ketones (excluding diaryl/α,β-unsaturated/α-hetero) is 1. The molecular formula is C23H47NO5S. The molecule has 0 aliphatic heterocycles. The van der Waals surface area contributed by atoms with Gasteiger partial charge in [0, 0.05) is 12.8 Å². The normalized spacial score (nSPS) is 13.5. The fourth-order valence-electron chi connectivity index (χ4n) is 3.92. The second kappa shape index (κ2) is 17.1. The molecule has 1 unspecified atom stereocenters. The van der Waals surface area contributed by atoms with E-state index in [0.29, 0.717) is 23.1 Å². The summed E-state index contributed by atoms with van der Waals surface area (Å²) < 4.78 is 32.6. The minimum atomic E-state index is -4.41. The largest absolute Gasteiger partial charge is 0.748 e. The van der Waals surface area contributed by atoms with Gasteiger partial charge in [-0.1, -0.05) is 71.1 Å². The van der Waals surface area contributed by atoms with Crippen LogP contribution in [0.1, 0.15) is 103 Å². The van der Waals surface area contributed by atoms with Gasteiger partial charge in [-0.05, 0) is 19.3 Å². The average molecular weight is 450 g/mol. The average Bonchev–Trinajstić information content (AvgIpc) is 2.61. The van der Waals surface area contributed by atoms with E-state index in [0.717, 1.165) is 32.2 Å². The Bertz CT molecular complexity index is 534. The van der Waals surface area contributed by atoms with Crippen molar-refractivity contribution in [2.75, 3.05) is 32.9 Å². The van der Waals surface area contributed by atoms with Crippen LogP contribution in [-0.2, 0) is 14.9 Å². The van der Waals surface area contributed by atoms with Crippen molar-refractivity contribution in [1.82, 2.24) is 0 Å². The third kappa shape index (κ3) is 20.8. The first-order valence-corrected chi connectivity index (χ1v) is 13.6. The molecular weight excluding hydrogens is 402 g/mol. The van der Waals surface area contributed by atoms with Gasteiger partial charge in [-0.15, -0.1) is 0 Å². The maximum absolute atomic E-state index is 12.0. The summed E-state index contributed by atoms with van der Waals surface area (Å²) in [5.41, 5.74) is 0. The molecule has 1 N–H and O–H groups in total. The summed E-state index contributed by atoms with van der Waals surface area (Å²) in [7, 11) is -0.616. The number of likely N-dealkylation sites (N-methyl/N-ethyl adjacent to an activating group) is 1. The number of aliphatic hydroxyl groups excluding tert-OH is 1. The van der Waals surface area contributed by atoms with Crippen LogP contribution < -0.4 is 0 Å². The molecule has 0 aromatic carbocycles. The van der Waals surface area contributed by atoms with Crippen LogP contribution in [0.2, 0.25) is 0 Å². The molecule has 0 aliphatic carbocycles. The van der Waals surface area contributed by atoms with Gasteiger partial charge in [-0.25, -0.2) is 8.42 Å². The number of quaternary nitrogens is 1. The molecule has 0 aromatic rings. The van der Waals surface area contributed by atoms with Crippen LogP contribution in [0.15, 0.2) is 0 Å². The molecule has 1 atom stereocenters. The number of carbonyl (C=O) groups is 1. The monoisotopic (exact) mass is 449 g/mol. The Morgan fingerprint density at radius 1 is 0.833 bits per heavy atom. The Hall–Kier alpha value is -0.500. The summed E-state index contributed by atoms with van der Waals surface area (Å²) in [5.74, 6) is -0.416. The van der Waals surface area contributed by atoms with E-state index in [-0.39, 0.29) is 6.54 Å². The number of aliphatic hydroxyl groups is 1. The minimum absolute atomic E-state index is 0.216. The first kappa shape index (κ1) is 29.5. The molecule has 0 aromatic heterocycles. The van der Waals surface area contributed by atoms with Crippen molar-refractivity contribution in [3.05, 3.63) is 0 Å². The summed E-state index contributed by atoms with van der Waals surface area (Å²) in [6, 6.07) is 0. The van der Waals surface area contributed by atoms with E-state index in [1.807, 2.05) is 14.1 Å². The number of carbonyl (C=O) groups excluding carboxylic acids is 1. The van der Waals surface area contributed by atoms with Crippen LogP contribution in [-0.4, -0.2) is 67.4 Å². The smallest absolute Gasteiger partial charge is 0.132 e. The molecule has 7 heteroatoms. The molecule has 0 saturated heterocycles. The van der Waals surface area contributed by atoms with E-state index in [9.17, 15) is 22.9 Å². The van der Waals surface area contributed by atoms with Crippen molar-refractivity contribution >= 4 is 15.9 Å². The van der Waals surface area contributed by atoms with E-state index in [4.69, 9.17) is 0 Å². The molecule has 180 valence electrons. The molecule has 0 radical (unpaired) electrons. The first-order valence-electron chi connectivity index (χ1n) is 12.0. The number of ketones is 1. The maximum Gasteiger partial charge on any atom is 0.132 e. The third-order valence-corrected chi connectivity index (χ3v) is 6.42. The van der Waals surface area contributed by atoms with Gasteiger partial charge < -0.3 is 14.1 Å². The van der Waals surface area contributed by atoms with Gasteiger partial charge in [0.15, 0.2) is 0 Å². The van der Waals surface area contributed by atoms with E-state index >= 15 is 0 Å². The molecule has 0 heterocycles. The van der Waals surface area contributed by atoms with Crippen LogP contribution >= 0.6 is 0 Å². The van der Waals surface area contributed by atoms with Crippen LogP contribution in [0.4, 0.5) is 0 Å². The van der Waals surface area contributed by atoms with Crippen LogP contribution in [0.5, 0.6) is 0 Å². The number of hydrogen-bond donors (Lipinski definition) is 1. The highest BCUT2D eigenvalue weighted by atomic mass is 32.2. The quantitative estimate of drug-likeness (QED) is 0.159. The van der Waals surface area contributed by atoms with Crippen molar-refractivity contribution in [1.29, 1.82) is 0 Å². The molecule has 0 amide bonds. The highest BCUT2D eigenvalue weighted by Crippen LogP contribution is 2.13. The van der Waals surface area contributed by atoms with E-state index < -0.39 is 22.0 Å². The molecule has 0 bridgehead atoms. The van der Waals surface area contributed by atoms with Crippen molar-refractivity contribution in [3.8, 4) is 0 Å². The predicted molar refractivity (Wildman–Crippen MR) is 122 cm³/mol. The zero-order valence-corrected chi connectivity index (χ0v) is 20.6. The van der Waals surface area contributed by atoms with Gasteiger partial charge in [-0.2, -0.15) is 0 Å². The molecule has 0 rings (SSSR count). The van der Waals surface area contributed by atoms with Gasteiger partial charge in [0.05, 0.1) is 36.5 Å². The van der Waals surface area contributed by atoms with Crippen molar-refractivity contribution in [2.45, 2.75) is 109 Å². The summed E-state index contributed by atoms with van der Waals surface area (Å²) in [6.07, 6.45) is 15.9. The van der Waals surface area contributed by atoms with Crippen LogP contribution in [0, 0.1) is 0 Å². The molecule has 0 saturated carbocycles. The second-order valence-electron chi connectivity index (χ2n) is 9.50. The zero-order valence-electron chi connectivity index (χ0n) is 19.7. The van der Waals surface area contributed by atoms with Crippen molar-refractivity contribution in [3.63, 3.8) is 0 Å². The predicted octanol–water partition coefficient (Wildman–Crippen LogP) is 4.41. The fourth-order valence-corrected chi connectivity index (χ4v) is 4.50. The maximum atomic E-state index is 12.0. The van der Waals surface area contributed by atoms with Gasteiger partial charge in [0.1, 0.15) is 18.4 Å². The lowest BCUT2D eigenvalue weighted by molar-refractivity contribution is -0.893. The standard InChI is InChI=1S/C23H47NO5S/c1-4-5-6-7-8-9-10-11-12-13-14-17-22(25)18-15-16-19-24(2,3)20-23(26)21-30(27,28)29/h23,26H,4-21H2,1-3H3. The van der Waals surface area contributed by atoms with Gasteiger partial charge >= 0.3 is 0 Å². The zero-order chi connectivity index (χ0) is 22.9.